The molecule has 0 bridgehead atoms. The van der Waals surface area contributed by atoms with E-state index in [0.717, 1.165) is 31.4 Å². The third-order valence-corrected chi connectivity index (χ3v) is 5.10. The molecular formula is C14H17ClFNO3S. The van der Waals surface area contributed by atoms with Crippen molar-refractivity contribution in [3.8, 4) is 0 Å². The van der Waals surface area contributed by atoms with E-state index < -0.39 is 25.7 Å². The highest BCUT2D eigenvalue weighted by Gasteiger charge is 2.32. The molecule has 0 spiro atoms. The van der Waals surface area contributed by atoms with Crippen LogP contribution >= 0.6 is 10.7 Å². The van der Waals surface area contributed by atoms with Crippen LogP contribution in [0.5, 0.6) is 0 Å². The van der Waals surface area contributed by atoms with E-state index in [1.807, 2.05) is 0 Å². The second-order valence-corrected chi connectivity index (χ2v) is 8.69. The highest BCUT2D eigenvalue weighted by Crippen LogP contribution is 2.37. The molecule has 1 saturated carbocycles. The number of amides is 1. The zero-order chi connectivity index (χ0) is 15.8. The lowest BCUT2D eigenvalue weighted by Crippen LogP contribution is -2.33. The molecule has 1 atom stereocenters. The quantitative estimate of drug-likeness (QED) is 0.865. The molecule has 0 saturated heterocycles. The lowest BCUT2D eigenvalue weighted by molar-refractivity contribution is 0.0935. The average molecular weight is 334 g/mol. The van der Waals surface area contributed by atoms with Crippen molar-refractivity contribution in [2.24, 2.45) is 5.41 Å². The number of hydrogen-bond acceptors (Lipinski definition) is 3. The molecular weight excluding hydrogens is 317 g/mol. The summed E-state index contributed by atoms with van der Waals surface area (Å²) < 4.78 is 35.9. The molecule has 1 fully saturated rings. The predicted molar refractivity (Wildman–Crippen MR) is 78.3 cm³/mol. The average Bonchev–Trinajstić information content (AvgIpc) is 2.67. The summed E-state index contributed by atoms with van der Waals surface area (Å²) in [7, 11) is 0.931. The molecule has 1 N–H and O–H groups in total. The largest absolute Gasteiger partial charge is 0.349 e. The van der Waals surface area contributed by atoms with E-state index in [1.165, 1.54) is 6.07 Å². The molecule has 1 aromatic rings. The molecule has 21 heavy (non-hydrogen) atoms. The SMILES string of the molecule is CC1(C)CCC(NC(=O)c2ccc(F)c(S(=O)(=O)Cl)c2)C1. The van der Waals surface area contributed by atoms with Crippen LogP contribution in [0.2, 0.25) is 0 Å². The zero-order valence-electron chi connectivity index (χ0n) is 11.8. The monoisotopic (exact) mass is 333 g/mol. The van der Waals surface area contributed by atoms with Crippen molar-refractivity contribution >= 4 is 25.6 Å². The Hall–Kier alpha value is -1.14. The van der Waals surface area contributed by atoms with Gasteiger partial charge in [0.15, 0.2) is 0 Å². The Morgan fingerprint density at radius 1 is 1.43 bits per heavy atom. The molecule has 0 aliphatic heterocycles. The molecule has 1 unspecified atom stereocenters. The van der Waals surface area contributed by atoms with Crippen LogP contribution in [0.25, 0.3) is 0 Å². The first-order chi connectivity index (χ1) is 9.58. The van der Waals surface area contributed by atoms with Gasteiger partial charge in [0.1, 0.15) is 10.7 Å². The van der Waals surface area contributed by atoms with E-state index in [4.69, 9.17) is 10.7 Å². The van der Waals surface area contributed by atoms with Crippen LogP contribution in [0.1, 0.15) is 43.5 Å². The smallest absolute Gasteiger partial charge is 0.264 e. The zero-order valence-corrected chi connectivity index (χ0v) is 13.4. The normalized spacial score (nSPS) is 21.2. The summed E-state index contributed by atoms with van der Waals surface area (Å²) in [5, 5.41) is 2.85. The van der Waals surface area contributed by atoms with Crippen LogP contribution in [0, 0.1) is 11.2 Å². The lowest BCUT2D eigenvalue weighted by atomic mass is 9.92. The maximum Gasteiger partial charge on any atom is 0.264 e. The van der Waals surface area contributed by atoms with Crippen LogP contribution in [0.4, 0.5) is 4.39 Å². The number of benzene rings is 1. The maximum absolute atomic E-state index is 13.4. The van der Waals surface area contributed by atoms with Gasteiger partial charge in [0.05, 0.1) is 0 Å². The van der Waals surface area contributed by atoms with Crippen LogP contribution in [-0.2, 0) is 9.05 Å². The number of halogens is 2. The maximum atomic E-state index is 13.4. The van der Waals surface area contributed by atoms with Crippen molar-refractivity contribution in [1.29, 1.82) is 0 Å². The second-order valence-electron chi connectivity index (χ2n) is 6.16. The molecule has 2 rings (SSSR count). The number of carbonyl (C=O) groups excluding carboxylic acids is 1. The van der Waals surface area contributed by atoms with Crippen molar-refractivity contribution in [3.05, 3.63) is 29.6 Å². The Bertz CT molecular complexity index is 673. The summed E-state index contributed by atoms with van der Waals surface area (Å²) >= 11 is 0. The highest BCUT2D eigenvalue weighted by atomic mass is 35.7. The van der Waals surface area contributed by atoms with E-state index in [9.17, 15) is 17.6 Å². The van der Waals surface area contributed by atoms with Crippen LogP contribution in [0.3, 0.4) is 0 Å². The Kier molecular flexibility index (Phi) is 4.31. The lowest BCUT2D eigenvalue weighted by Gasteiger charge is -2.18. The van der Waals surface area contributed by atoms with Crippen molar-refractivity contribution in [3.63, 3.8) is 0 Å². The molecule has 0 aromatic heterocycles. The fraction of sp³-hybridized carbons (Fsp3) is 0.500. The van der Waals surface area contributed by atoms with E-state index in [2.05, 4.69) is 19.2 Å². The van der Waals surface area contributed by atoms with Crippen LogP contribution in [0.15, 0.2) is 23.1 Å². The fourth-order valence-electron chi connectivity index (χ4n) is 2.66. The first-order valence-corrected chi connectivity index (χ1v) is 8.94. The van der Waals surface area contributed by atoms with Gasteiger partial charge in [-0.3, -0.25) is 4.79 Å². The first kappa shape index (κ1) is 16.2. The summed E-state index contributed by atoms with van der Waals surface area (Å²) in [5.41, 5.74) is 0.270. The predicted octanol–water partition coefficient (Wildman–Crippen LogP) is 3.06. The van der Waals surface area contributed by atoms with Gasteiger partial charge in [-0.15, -0.1) is 0 Å². The summed E-state index contributed by atoms with van der Waals surface area (Å²) in [6.45, 7) is 4.27. The molecule has 1 aliphatic carbocycles. The minimum absolute atomic E-state index is 0.0496. The van der Waals surface area contributed by atoms with Gasteiger partial charge in [0.25, 0.3) is 15.0 Å². The number of hydrogen-bond donors (Lipinski definition) is 1. The molecule has 7 heteroatoms. The van der Waals surface area contributed by atoms with Gasteiger partial charge in [0.2, 0.25) is 0 Å². The summed E-state index contributed by atoms with van der Waals surface area (Å²) in [6.07, 6.45) is 2.75. The van der Waals surface area contributed by atoms with Crippen molar-refractivity contribution in [2.75, 3.05) is 0 Å². The number of carbonyl (C=O) groups is 1. The molecule has 0 heterocycles. The summed E-state index contributed by atoms with van der Waals surface area (Å²) in [6, 6.07) is 3.19. The Labute approximate surface area is 128 Å². The molecule has 0 radical (unpaired) electrons. The van der Waals surface area contributed by atoms with Gasteiger partial charge in [-0.2, -0.15) is 0 Å². The Morgan fingerprint density at radius 3 is 2.62 bits per heavy atom. The topological polar surface area (TPSA) is 63.2 Å². The van der Waals surface area contributed by atoms with Gasteiger partial charge in [0, 0.05) is 22.3 Å². The van der Waals surface area contributed by atoms with Gasteiger partial charge in [-0.1, -0.05) is 13.8 Å². The van der Waals surface area contributed by atoms with E-state index in [-0.39, 0.29) is 17.0 Å². The van der Waals surface area contributed by atoms with Crippen molar-refractivity contribution in [2.45, 2.75) is 44.0 Å². The minimum atomic E-state index is -4.22. The molecule has 1 aliphatic rings. The fourth-order valence-corrected chi connectivity index (χ4v) is 3.58. The van der Waals surface area contributed by atoms with Gasteiger partial charge < -0.3 is 5.32 Å². The van der Waals surface area contributed by atoms with E-state index in [1.54, 1.807) is 0 Å². The molecule has 1 aromatic carbocycles. The third-order valence-electron chi connectivity index (χ3n) is 3.76. The summed E-state index contributed by atoms with van der Waals surface area (Å²) in [4.78, 5) is 11.5. The van der Waals surface area contributed by atoms with Crippen LogP contribution < -0.4 is 5.32 Å². The van der Waals surface area contributed by atoms with Crippen LogP contribution in [-0.4, -0.2) is 20.4 Å². The number of nitrogens with one attached hydrogen (secondary N) is 1. The number of rotatable bonds is 3. The molecule has 4 nitrogen and oxygen atoms in total. The Balaban J connectivity index is 2.17. The van der Waals surface area contributed by atoms with Gasteiger partial charge in [-0.05, 0) is 42.9 Å². The minimum Gasteiger partial charge on any atom is -0.349 e. The summed E-state index contributed by atoms with van der Waals surface area (Å²) in [5.74, 6) is -1.39. The second kappa shape index (κ2) is 5.57. The molecule has 116 valence electrons. The first-order valence-electron chi connectivity index (χ1n) is 6.64. The van der Waals surface area contributed by atoms with E-state index >= 15 is 0 Å². The van der Waals surface area contributed by atoms with E-state index in [0.29, 0.717) is 0 Å². The van der Waals surface area contributed by atoms with Gasteiger partial charge >= 0.3 is 0 Å². The van der Waals surface area contributed by atoms with Crippen molar-refractivity contribution < 1.29 is 17.6 Å². The highest BCUT2D eigenvalue weighted by molar-refractivity contribution is 8.13. The Morgan fingerprint density at radius 2 is 2.10 bits per heavy atom. The molecule has 1 amide bonds. The standard InChI is InChI=1S/C14H17ClFNO3S/c1-14(2)6-5-10(8-14)17-13(18)9-3-4-11(16)12(7-9)21(15,19)20/h3-4,7,10H,5-6,8H2,1-2H3,(H,17,18). The van der Waals surface area contributed by atoms with Crippen molar-refractivity contribution in [1.82, 2.24) is 5.32 Å². The van der Waals surface area contributed by atoms with Gasteiger partial charge in [-0.25, -0.2) is 12.8 Å². The third kappa shape index (κ3) is 3.95.